The Morgan fingerprint density at radius 1 is 1.33 bits per heavy atom. The lowest BCUT2D eigenvalue weighted by molar-refractivity contribution is -0.132. The fraction of sp³-hybridized carbons (Fsp3) is 0.833. The minimum atomic E-state index is 0.0806. The van der Waals surface area contributed by atoms with Crippen LogP contribution in [0.2, 0.25) is 0 Å². The number of amidine groups is 1. The normalized spacial score (nSPS) is 25.6. The van der Waals surface area contributed by atoms with Gasteiger partial charge in [0, 0.05) is 6.04 Å². The van der Waals surface area contributed by atoms with Gasteiger partial charge < -0.3 is 15.8 Å². The number of thioether (sulfide) groups is 1. The molecule has 1 saturated carbocycles. The third-order valence-electron chi connectivity index (χ3n) is 3.71. The molecule has 1 saturated heterocycles. The number of carbonyl (C=O) groups is 1. The van der Waals surface area contributed by atoms with Gasteiger partial charge in [0.2, 0.25) is 5.91 Å². The number of hydrogen-bond acceptors (Lipinski definition) is 4. The Bertz CT molecular complexity index is 323. The summed E-state index contributed by atoms with van der Waals surface area (Å²) in [7, 11) is 0. The lowest BCUT2D eigenvalue weighted by atomic mass is 10.1. The molecule has 0 aromatic rings. The molecule has 5 nitrogen and oxygen atoms in total. The Morgan fingerprint density at radius 2 is 2.06 bits per heavy atom. The van der Waals surface area contributed by atoms with Crippen molar-refractivity contribution in [1.29, 1.82) is 0 Å². The van der Waals surface area contributed by atoms with Crippen LogP contribution >= 0.6 is 11.8 Å². The van der Waals surface area contributed by atoms with Crippen molar-refractivity contribution in [1.82, 2.24) is 4.90 Å². The summed E-state index contributed by atoms with van der Waals surface area (Å²) in [5.41, 5.74) is 5.58. The van der Waals surface area contributed by atoms with E-state index in [9.17, 15) is 4.79 Å². The molecule has 0 bridgehead atoms. The van der Waals surface area contributed by atoms with Crippen LogP contribution in [0.25, 0.3) is 0 Å². The zero-order valence-electron chi connectivity index (χ0n) is 10.5. The van der Waals surface area contributed by atoms with Gasteiger partial charge in [0.15, 0.2) is 5.84 Å². The van der Waals surface area contributed by atoms with Gasteiger partial charge in [0.1, 0.15) is 0 Å². The largest absolute Gasteiger partial charge is 0.409 e. The van der Waals surface area contributed by atoms with Crippen LogP contribution in [-0.4, -0.2) is 45.4 Å². The lowest BCUT2D eigenvalue weighted by Crippen LogP contribution is -2.47. The van der Waals surface area contributed by atoms with Crippen LogP contribution in [0, 0.1) is 0 Å². The molecule has 3 N–H and O–H groups in total. The summed E-state index contributed by atoms with van der Waals surface area (Å²) < 4.78 is 0. The third kappa shape index (κ3) is 3.10. The second kappa shape index (κ2) is 6.31. The van der Waals surface area contributed by atoms with Crippen molar-refractivity contribution in [2.45, 2.75) is 49.8 Å². The quantitative estimate of drug-likeness (QED) is 0.350. The highest BCUT2D eigenvalue weighted by Gasteiger charge is 2.33. The fourth-order valence-electron chi connectivity index (χ4n) is 2.77. The Kier molecular flexibility index (Phi) is 4.74. The topological polar surface area (TPSA) is 78.9 Å². The molecule has 2 rings (SSSR count). The van der Waals surface area contributed by atoms with Gasteiger partial charge in [-0.2, -0.15) is 0 Å². The van der Waals surface area contributed by atoms with E-state index in [0.717, 1.165) is 31.4 Å². The average Bonchev–Trinajstić information content (AvgIpc) is 3.06. The highest BCUT2D eigenvalue weighted by molar-refractivity contribution is 8.00. The standard InChI is InChI=1S/C12H21N3O2S/c13-11(14-17)8-15(9-4-1-2-5-9)12(16)10-6-3-7-18-10/h9-10,17H,1-8H2,(H2,13,14). The molecule has 0 aromatic carbocycles. The molecule has 1 heterocycles. The van der Waals surface area contributed by atoms with Crippen LogP contribution < -0.4 is 5.73 Å². The van der Waals surface area contributed by atoms with Gasteiger partial charge in [-0.05, 0) is 31.4 Å². The minimum absolute atomic E-state index is 0.0806. The highest BCUT2D eigenvalue weighted by Crippen LogP contribution is 2.31. The number of amides is 1. The number of carbonyl (C=O) groups excluding carboxylic acids is 1. The van der Waals surface area contributed by atoms with E-state index in [1.807, 2.05) is 4.90 Å². The highest BCUT2D eigenvalue weighted by atomic mass is 32.2. The van der Waals surface area contributed by atoms with Crippen molar-refractivity contribution in [2.24, 2.45) is 10.9 Å². The Morgan fingerprint density at radius 3 is 2.61 bits per heavy atom. The van der Waals surface area contributed by atoms with E-state index in [2.05, 4.69) is 5.16 Å². The van der Waals surface area contributed by atoms with Gasteiger partial charge in [-0.1, -0.05) is 18.0 Å². The van der Waals surface area contributed by atoms with Gasteiger partial charge in [-0.3, -0.25) is 4.79 Å². The summed E-state index contributed by atoms with van der Waals surface area (Å²) in [5, 5.41) is 11.8. The van der Waals surface area contributed by atoms with E-state index < -0.39 is 0 Å². The maximum atomic E-state index is 12.5. The van der Waals surface area contributed by atoms with E-state index >= 15 is 0 Å². The molecule has 102 valence electrons. The number of oxime groups is 1. The molecule has 18 heavy (non-hydrogen) atoms. The molecule has 2 fully saturated rings. The Labute approximate surface area is 112 Å². The maximum Gasteiger partial charge on any atom is 0.236 e. The molecule has 0 spiro atoms. The fourth-order valence-corrected chi connectivity index (χ4v) is 4.00. The molecular formula is C12H21N3O2S. The smallest absolute Gasteiger partial charge is 0.236 e. The number of nitrogens with two attached hydrogens (primary N) is 1. The molecule has 1 atom stereocenters. The van der Waals surface area contributed by atoms with E-state index in [4.69, 9.17) is 10.9 Å². The first-order chi connectivity index (χ1) is 8.72. The predicted octanol–water partition coefficient (Wildman–Crippen LogP) is 1.40. The van der Waals surface area contributed by atoms with E-state index in [-0.39, 0.29) is 29.6 Å². The van der Waals surface area contributed by atoms with Gasteiger partial charge in [-0.25, -0.2) is 0 Å². The molecular weight excluding hydrogens is 250 g/mol. The first kappa shape index (κ1) is 13.5. The summed E-state index contributed by atoms with van der Waals surface area (Å²) in [5.74, 6) is 1.37. The first-order valence-electron chi connectivity index (χ1n) is 6.61. The zero-order chi connectivity index (χ0) is 13.0. The van der Waals surface area contributed by atoms with Crippen molar-refractivity contribution in [2.75, 3.05) is 12.3 Å². The molecule has 0 radical (unpaired) electrons. The van der Waals surface area contributed by atoms with Gasteiger partial charge in [0.05, 0.1) is 11.8 Å². The molecule has 2 aliphatic rings. The summed E-state index contributed by atoms with van der Waals surface area (Å²) in [4.78, 5) is 14.3. The summed E-state index contributed by atoms with van der Waals surface area (Å²) in [6.07, 6.45) is 6.50. The van der Waals surface area contributed by atoms with Crippen LogP contribution in [0.3, 0.4) is 0 Å². The van der Waals surface area contributed by atoms with E-state index in [1.165, 1.54) is 12.8 Å². The SMILES string of the molecule is NC(CN(C(=O)C1CCCS1)C1CCCC1)=NO. The zero-order valence-corrected chi connectivity index (χ0v) is 11.4. The van der Waals surface area contributed by atoms with Gasteiger partial charge >= 0.3 is 0 Å². The van der Waals surface area contributed by atoms with Crippen molar-refractivity contribution in [3.63, 3.8) is 0 Å². The average molecular weight is 271 g/mol. The number of hydrogen-bond donors (Lipinski definition) is 2. The van der Waals surface area contributed by atoms with Crippen molar-refractivity contribution < 1.29 is 10.0 Å². The Hall–Kier alpha value is -0.910. The lowest BCUT2D eigenvalue weighted by Gasteiger charge is -2.30. The maximum absolute atomic E-state index is 12.5. The molecule has 1 amide bonds. The van der Waals surface area contributed by atoms with Crippen LogP contribution in [-0.2, 0) is 4.79 Å². The molecule has 6 heteroatoms. The molecule has 1 aliphatic carbocycles. The third-order valence-corrected chi connectivity index (χ3v) is 5.08. The monoisotopic (exact) mass is 271 g/mol. The van der Waals surface area contributed by atoms with Crippen molar-refractivity contribution >= 4 is 23.5 Å². The van der Waals surface area contributed by atoms with E-state index in [0.29, 0.717) is 0 Å². The Balaban J connectivity index is 2.04. The van der Waals surface area contributed by atoms with Crippen LogP contribution in [0.4, 0.5) is 0 Å². The van der Waals surface area contributed by atoms with Crippen LogP contribution in [0.15, 0.2) is 5.16 Å². The number of nitrogens with zero attached hydrogens (tertiary/aromatic N) is 2. The minimum Gasteiger partial charge on any atom is -0.409 e. The molecule has 1 unspecified atom stereocenters. The summed E-state index contributed by atoms with van der Waals surface area (Å²) >= 11 is 1.74. The molecule has 1 aliphatic heterocycles. The number of rotatable bonds is 4. The van der Waals surface area contributed by atoms with E-state index in [1.54, 1.807) is 11.8 Å². The van der Waals surface area contributed by atoms with Crippen LogP contribution in [0.5, 0.6) is 0 Å². The summed E-state index contributed by atoms with van der Waals surface area (Å²) in [6, 6.07) is 0.277. The predicted molar refractivity (Wildman–Crippen MR) is 72.9 cm³/mol. The second-order valence-electron chi connectivity index (χ2n) is 5.00. The summed E-state index contributed by atoms with van der Waals surface area (Å²) in [6.45, 7) is 0.261. The molecule has 0 aromatic heterocycles. The van der Waals surface area contributed by atoms with Crippen molar-refractivity contribution in [3.8, 4) is 0 Å². The van der Waals surface area contributed by atoms with Gasteiger partial charge in [0.25, 0.3) is 0 Å². The van der Waals surface area contributed by atoms with Crippen molar-refractivity contribution in [3.05, 3.63) is 0 Å². The second-order valence-corrected chi connectivity index (χ2v) is 6.31. The van der Waals surface area contributed by atoms with Crippen LogP contribution in [0.1, 0.15) is 38.5 Å². The van der Waals surface area contributed by atoms with Gasteiger partial charge in [-0.15, -0.1) is 11.8 Å². The first-order valence-corrected chi connectivity index (χ1v) is 7.65.